The molecule has 2 aromatic heterocycles. The van der Waals surface area contributed by atoms with Crippen molar-refractivity contribution in [2.75, 3.05) is 0 Å². The third-order valence-corrected chi connectivity index (χ3v) is 7.00. The van der Waals surface area contributed by atoms with Crippen LogP contribution in [-0.2, 0) is 27.9 Å². The minimum atomic E-state index is -3.28. The average Bonchev–Trinajstić information content (AvgIpc) is 3.47. The highest BCUT2D eigenvalue weighted by molar-refractivity contribution is 7.89. The first-order valence-corrected chi connectivity index (χ1v) is 12.8. The van der Waals surface area contributed by atoms with E-state index in [1.54, 1.807) is 24.3 Å². The maximum Gasteiger partial charge on any atom is 0.258 e. The van der Waals surface area contributed by atoms with Gasteiger partial charge >= 0.3 is 0 Å². The first-order valence-electron chi connectivity index (χ1n) is 11.0. The van der Waals surface area contributed by atoms with Gasteiger partial charge in [-0.2, -0.15) is 4.98 Å². The quantitative estimate of drug-likeness (QED) is 0.322. The number of aromatic nitrogens is 5. The van der Waals surface area contributed by atoms with E-state index in [2.05, 4.69) is 27.4 Å². The smallest absolute Gasteiger partial charge is 0.258 e. The standard InChI is InChI=1S/C25H23N5O3S/c1-2-14-30-23-13-12-21(15-22(23)27-29-30)24-26-25(33-28-24)20-10-8-19(9-11-20)17-34(31,32)16-18-6-4-3-5-7-18/h3-13,15H,2,14,16-17H2,1H3. The highest BCUT2D eigenvalue weighted by Crippen LogP contribution is 2.25. The van der Waals surface area contributed by atoms with Crippen LogP contribution in [0.1, 0.15) is 24.5 Å². The maximum atomic E-state index is 12.6. The second kappa shape index (κ2) is 9.18. The van der Waals surface area contributed by atoms with Crippen molar-refractivity contribution in [3.63, 3.8) is 0 Å². The molecule has 5 aromatic rings. The van der Waals surface area contributed by atoms with Crippen LogP contribution in [0, 0.1) is 0 Å². The van der Waals surface area contributed by atoms with E-state index >= 15 is 0 Å². The lowest BCUT2D eigenvalue weighted by Gasteiger charge is -2.05. The molecule has 2 heterocycles. The van der Waals surface area contributed by atoms with Crippen molar-refractivity contribution in [1.82, 2.24) is 25.1 Å². The van der Waals surface area contributed by atoms with Crippen LogP contribution in [0.15, 0.2) is 77.3 Å². The monoisotopic (exact) mass is 473 g/mol. The summed E-state index contributed by atoms with van der Waals surface area (Å²) >= 11 is 0. The second-order valence-electron chi connectivity index (χ2n) is 8.15. The molecule has 8 nitrogen and oxygen atoms in total. The summed E-state index contributed by atoms with van der Waals surface area (Å²) in [4.78, 5) is 4.51. The molecule has 0 amide bonds. The Bertz CT molecular complexity index is 1520. The first kappa shape index (κ1) is 22.0. The lowest BCUT2D eigenvalue weighted by Crippen LogP contribution is -2.07. The van der Waals surface area contributed by atoms with Gasteiger partial charge in [-0.3, -0.25) is 0 Å². The van der Waals surface area contributed by atoms with E-state index in [0.29, 0.717) is 17.3 Å². The zero-order valence-electron chi connectivity index (χ0n) is 18.6. The van der Waals surface area contributed by atoms with Crippen LogP contribution in [0.3, 0.4) is 0 Å². The molecule has 172 valence electrons. The van der Waals surface area contributed by atoms with Crippen LogP contribution in [0.4, 0.5) is 0 Å². The van der Waals surface area contributed by atoms with Gasteiger partial charge in [0, 0.05) is 17.7 Å². The maximum absolute atomic E-state index is 12.6. The molecule has 0 saturated carbocycles. The van der Waals surface area contributed by atoms with Crippen LogP contribution in [0.2, 0.25) is 0 Å². The molecule has 0 spiro atoms. The minimum Gasteiger partial charge on any atom is -0.334 e. The Hall–Kier alpha value is -3.85. The van der Waals surface area contributed by atoms with Crippen molar-refractivity contribution in [1.29, 1.82) is 0 Å². The molecular formula is C25H23N5O3S. The molecule has 0 bridgehead atoms. The lowest BCUT2D eigenvalue weighted by atomic mass is 10.1. The first-order chi connectivity index (χ1) is 16.5. The van der Waals surface area contributed by atoms with Crippen LogP contribution in [-0.4, -0.2) is 33.6 Å². The molecule has 5 rings (SSSR count). The van der Waals surface area contributed by atoms with Gasteiger partial charge in [0.15, 0.2) is 9.84 Å². The van der Waals surface area contributed by atoms with E-state index in [-0.39, 0.29) is 11.5 Å². The number of hydrogen-bond donors (Lipinski definition) is 0. The van der Waals surface area contributed by atoms with Crippen molar-refractivity contribution >= 4 is 20.9 Å². The van der Waals surface area contributed by atoms with Gasteiger partial charge in [-0.25, -0.2) is 13.1 Å². The fourth-order valence-electron chi connectivity index (χ4n) is 3.82. The normalized spacial score (nSPS) is 11.8. The zero-order chi connectivity index (χ0) is 23.5. The van der Waals surface area contributed by atoms with Gasteiger partial charge in [0.05, 0.1) is 17.0 Å². The Labute approximate surface area is 197 Å². The summed E-state index contributed by atoms with van der Waals surface area (Å²) in [6.07, 6.45) is 0.978. The number of nitrogens with zero attached hydrogens (tertiary/aromatic N) is 5. The summed E-state index contributed by atoms with van der Waals surface area (Å²) in [5.74, 6) is 0.801. The van der Waals surface area contributed by atoms with Gasteiger partial charge < -0.3 is 4.52 Å². The summed E-state index contributed by atoms with van der Waals surface area (Å²) in [6, 6.07) is 22.1. The third-order valence-electron chi connectivity index (χ3n) is 5.45. The van der Waals surface area contributed by atoms with Crippen LogP contribution in [0.5, 0.6) is 0 Å². The largest absolute Gasteiger partial charge is 0.334 e. The minimum absolute atomic E-state index is 0.0131. The van der Waals surface area contributed by atoms with Gasteiger partial charge in [-0.1, -0.05) is 59.8 Å². The fraction of sp³-hybridized carbons (Fsp3) is 0.200. The van der Waals surface area contributed by atoms with Crippen molar-refractivity contribution in [2.45, 2.75) is 31.4 Å². The van der Waals surface area contributed by atoms with E-state index in [0.717, 1.165) is 40.7 Å². The molecule has 0 atom stereocenters. The van der Waals surface area contributed by atoms with Crippen LogP contribution >= 0.6 is 0 Å². The molecule has 34 heavy (non-hydrogen) atoms. The van der Waals surface area contributed by atoms with Crippen LogP contribution < -0.4 is 0 Å². The van der Waals surface area contributed by atoms with Gasteiger partial charge in [0.1, 0.15) is 5.52 Å². The molecule has 9 heteroatoms. The van der Waals surface area contributed by atoms with Crippen molar-refractivity contribution < 1.29 is 12.9 Å². The number of aryl methyl sites for hydroxylation is 1. The summed E-state index contributed by atoms with van der Waals surface area (Å²) in [5.41, 5.74) is 4.74. The fourth-order valence-corrected chi connectivity index (χ4v) is 5.33. The molecule has 0 N–H and O–H groups in total. The molecule has 0 unspecified atom stereocenters. The average molecular weight is 474 g/mol. The second-order valence-corrected chi connectivity index (χ2v) is 10.2. The van der Waals surface area contributed by atoms with Crippen LogP contribution in [0.25, 0.3) is 33.9 Å². The van der Waals surface area contributed by atoms with Crippen molar-refractivity contribution in [3.05, 3.63) is 83.9 Å². The summed E-state index contributed by atoms with van der Waals surface area (Å²) < 4.78 is 32.5. The van der Waals surface area contributed by atoms with Gasteiger partial charge in [-0.05, 0) is 47.9 Å². The molecule has 0 aliphatic rings. The predicted molar refractivity (Wildman–Crippen MR) is 129 cm³/mol. The summed E-state index contributed by atoms with van der Waals surface area (Å²) in [7, 11) is -3.28. The lowest BCUT2D eigenvalue weighted by molar-refractivity contribution is 0.432. The Kier molecular flexibility index (Phi) is 5.93. The topological polar surface area (TPSA) is 104 Å². The number of rotatable bonds is 8. The number of hydrogen-bond acceptors (Lipinski definition) is 7. The number of sulfone groups is 1. The number of benzene rings is 3. The predicted octanol–water partition coefficient (Wildman–Crippen LogP) is 4.67. The molecule has 0 saturated heterocycles. The highest BCUT2D eigenvalue weighted by atomic mass is 32.2. The SMILES string of the molecule is CCCn1nnc2cc(-c3noc(-c4ccc(CS(=O)(=O)Cc5ccccc5)cc4)n3)ccc21. The molecular weight excluding hydrogens is 450 g/mol. The highest BCUT2D eigenvalue weighted by Gasteiger charge is 2.15. The van der Waals surface area contributed by atoms with E-state index in [1.807, 2.05) is 53.2 Å². The van der Waals surface area contributed by atoms with E-state index in [9.17, 15) is 8.42 Å². The third kappa shape index (κ3) is 4.74. The summed E-state index contributed by atoms with van der Waals surface area (Å²) in [5, 5.41) is 12.5. The Morgan fingerprint density at radius 1 is 0.882 bits per heavy atom. The Morgan fingerprint density at radius 2 is 1.59 bits per heavy atom. The Balaban J connectivity index is 1.31. The van der Waals surface area contributed by atoms with E-state index in [4.69, 9.17) is 4.52 Å². The van der Waals surface area contributed by atoms with E-state index < -0.39 is 9.84 Å². The van der Waals surface area contributed by atoms with Crippen molar-refractivity contribution in [3.8, 4) is 22.8 Å². The molecule has 3 aromatic carbocycles. The van der Waals surface area contributed by atoms with Gasteiger partial charge in [-0.15, -0.1) is 5.10 Å². The summed E-state index contributed by atoms with van der Waals surface area (Å²) in [6.45, 7) is 2.91. The molecule has 0 radical (unpaired) electrons. The Morgan fingerprint density at radius 3 is 2.32 bits per heavy atom. The molecule has 0 aliphatic heterocycles. The van der Waals surface area contributed by atoms with Gasteiger partial charge in [0.25, 0.3) is 5.89 Å². The zero-order valence-corrected chi connectivity index (χ0v) is 19.4. The number of fused-ring (bicyclic) bond motifs is 1. The molecule has 0 aliphatic carbocycles. The van der Waals surface area contributed by atoms with Crippen molar-refractivity contribution in [2.24, 2.45) is 0 Å². The van der Waals surface area contributed by atoms with E-state index in [1.165, 1.54) is 0 Å². The van der Waals surface area contributed by atoms with Gasteiger partial charge in [0.2, 0.25) is 5.82 Å². The molecule has 0 fully saturated rings.